The molecule has 1 aliphatic carbocycles. The lowest BCUT2D eigenvalue weighted by atomic mass is 10.0. The molecule has 1 saturated heterocycles. The highest BCUT2D eigenvalue weighted by atomic mass is 16.5. The summed E-state index contributed by atoms with van der Waals surface area (Å²) >= 11 is 0. The summed E-state index contributed by atoms with van der Waals surface area (Å²) in [6, 6.07) is 2.84. The maximum Gasteiger partial charge on any atom is 0.122 e. The maximum absolute atomic E-state index is 5.66. The lowest BCUT2D eigenvalue weighted by Gasteiger charge is -2.26. The molecule has 3 rings (SSSR count). The minimum Gasteiger partial charge on any atom is -0.468 e. The zero-order valence-corrected chi connectivity index (χ0v) is 12.4. The van der Waals surface area contributed by atoms with Crippen LogP contribution in [0.2, 0.25) is 0 Å². The van der Waals surface area contributed by atoms with Crippen molar-refractivity contribution in [3.05, 3.63) is 23.7 Å². The van der Waals surface area contributed by atoms with Crippen LogP contribution in [0.3, 0.4) is 0 Å². The molecule has 1 saturated carbocycles. The van der Waals surface area contributed by atoms with Crippen LogP contribution in [0.1, 0.15) is 37.0 Å². The first-order chi connectivity index (χ1) is 9.81. The summed E-state index contributed by atoms with van der Waals surface area (Å²) in [7, 11) is 2.18. The van der Waals surface area contributed by atoms with Gasteiger partial charge in [-0.3, -0.25) is 4.90 Å². The van der Waals surface area contributed by atoms with Crippen LogP contribution >= 0.6 is 0 Å². The molecule has 20 heavy (non-hydrogen) atoms. The van der Waals surface area contributed by atoms with Crippen molar-refractivity contribution in [2.75, 3.05) is 26.8 Å². The predicted molar refractivity (Wildman–Crippen MR) is 78.4 cm³/mol. The molecule has 2 heterocycles. The van der Waals surface area contributed by atoms with Crippen molar-refractivity contribution in [1.82, 2.24) is 10.2 Å². The first-order valence-electron chi connectivity index (χ1n) is 7.86. The zero-order valence-electron chi connectivity index (χ0n) is 12.4. The van der Waals surface area contributed by atoms with Gasteiger partial charge in [-0.2, -0.15) is 0 Å². The third kappa shape index (κ3) is 4.08. The normalized spacial score (nSPS) is 23.4. The van der Waals surface area contributed by atoms with E-state index in [1.54, 1.807) is 0 Å². The molecule has 2 aliphatic rings. The number of ether oxygens (including phenoxy) is 1. The molecule has 0 aromatic carbocycles. The van der Waals surface area contributed by atoms with Crippen LogP contribution in [0.4, 0.5) is 0 Å². The average molecular weight is 278 g/mol. The van der Waals surface area contributed by atoms with Crippen LogP contribution in [0.15, 0.2) is 16.7 Å². The SMILES string of the molecule is CN(Cc1occc1CNC1CC1)CC1CCCOC1. The van der Waals surface area contributed by atoms with Gasteiger partial charge in [-0.1, -0.05) is 0 Å². The summed E-state index contributed by atoms with van der Waals surface area (Å²) in [4.78, 5) is 2.36. The van der Waals surface area contributed by atoms with E-state index in [-0.39, 0.29) is 0 Å². The monoisotopic (exact) mass is 278 g/mol. The average Bonchev–Trinajstić information content (AvgIpc) is 3.18. The van der Waals surface area contributed by atoms with Crippen molar-refractivity contribution in [3.63, 3.8) is 0 Å². The van der Waals surface area contributed by atoms with E-state index < -0.39 is 0 Å². The first-order valence-corrected chi connectivity index (χ1v) is 7.86. The number of hydrogen-bond donors (Lipinski definition) is 1. The van der Waals surface area contributed by atoms with E-state index in [2.05, 4.69) is 23.3 Å². The number of rotatable bonds is 7. The Morgan fingerprint density at radius 3 is 3.00 bits per heavy atom. The Bertz CT molecular complexity index is 408. The van der Waals surface area contributed by atoms with E-state index in [0.29, 0.717) is 5.92 Å². The fraction of sp³-hybridized carbons (Fsp3) is 0.750. The largest absolute Gasteiger partial charge is 0.468 e. The Kier molecular flexibility index (Phi) is 4.76. The number of nitrogens with zero attached hydrogens (tertiary/aromatic N) is 1. The summed E-state index contributed by atoms with van der Waals surface area (Å²) in [6.45, 7) is 4.78. The van der Waals surface area contributed by atoms with Gasteiger partial charge in [0.15, 0.2) is 0 Å². The van der Waals surface area contributed by atoms with Gasteiger partial charge >= 0.3 is 0 Å². The molecule has 2 fully saturated rings. The molecule has 112 valence electrons. The van der Waals surface area contributed by atoms with E-state index in [1.165, 1.54) is 31.2 Å². The minimum atomic E-state index is 0.678. The molecule has 1 unspecified atom stereocenters. The van der Waals surface area contributed by atoms with E-state index in [1.807, 2.05) is 6.26 Å². The van der Waals surface area contributed by atoms with Gasteiger partial charge in [-0.25, -0.2) is 0 Å². The Morgan fingerprint density at radius 2 is 2.25 bits per heavy atom. The van der Waals surface area contributed by atoms with Crippen molar-refractivity contribution >= 4 is 0 Å². The maximum atomic E-state index is 5.66. The molecule has 1 N–H and O–H groups in total. The molecule has 1 aromatic rings. The van der Waals surface area contributed by atoms with Crippen molar-refractivity contribution in [2.24, 2.45) is 5.92 Å². The van der Waals surface area contributed by atoms with Gasteiger partial charge in [0.2, 0.25) is 0 Å². The van der Waals surface area contributed by atoms with Gasteiger partial charge in [0, 0.05) is 31.3 Å². The van der Waals surface area contributed by atoms with Gasteiger partial charge in [0.1, 0.15) is 5.76 Å². The van der Waals surface area contributed by atoms with Crippen molar-refractivity contribution < 1.29 is 9.15 Å². The molecule has 0 radical (unpaired) electrons. The highest BCUT2D eigenvalue weighted by Crippen LogP contribution is 2.21. The third-order valence-corrected chi connectivity index (χ3v) is 4.23. The quantitative estimate of drug-likeness (QED) is 0.831. The Hall–Kier alpha value is -0.840. The van der Waals surface area contributed by atoms with E-state index >= 15 is 0 Å². The number of hydrogen-bond acceptors (Lipinski definition) is 4. The van der Waals surface area contributed by atoms with Crippen LogP contribution < -0.4 is 5.32 Å². The number of nitrogens with one attached hydrogen (secondary N) is 1. The van der Waals surface area contributed by atoms with Crippen LogP contribution in [-0.2, 0) is 17.8 Å². The first kappa shape index (κ1) is 14.1. The summed E-state index contributed by atoms with van der Waals surface area (Å²) in [5.41, 5.74) is 1.31. The second kappa shape index (κ2) is 6.74. The van der Waals surface area contributed by atoms with Gasteiger partial charge in [-0.05, 0) is 44.7 Å². The van der Waals surface area contributed by atoms with Crippen LogP contribution in [-0.4, -0.2) is 37.7 Å². The van der Waals surface area contributed by atoms with E-state index in [9.17, 15) is 0 Å². The molecule has 1 atom stereocenters. The summed E-state index contributed by atoms with van der Waals surface area (Å²) in [6.07, 6.45) is 6.97. The molecule has 0 bridgehead atoms. The zero-order chi connectivity index (χ0) is 13.8. The third-order valence-electron chi connectivity index (χ3n) is 4.23. The standard InChI is InChI=1S/C16H26N2O2/c1-18(10-13-3-2-7-19-12-13)11-16-14(6-8-20-16)9-17-15-4-5-15/h6,8,13,15,17H,2-5,7,9-12H2,1H3. The van der Waals surface area contributed by atoms with Crippen molar-refractivity contribution in [1.29, 1.82) is 0 Å². The Morgan fingerprint density at radius 1 is 1.35 bits per heavy atom. The molecule has 4 nitrogen and oxygen atoms in total. The second-order valence-corrected chi connectivity index (χ2v) is 6.30. The summed E-state index contributed by atoms with van der Waals surface area (Å²) < 4.78 is 11.2. The molecule has 1 aromatic heterocycles. The van der Waals surface area contributed by atoms with Gasteiger partial charge in [-0.15, -0.1) is 0 Å². The molecule has 1 aliphatic heterocycles. The Labute approximate surface area is 121 Å². The van der Waals surface area contributed by atoms with Crippen LogP contribution in [0.5, 0.6) is 0 Å². The van der Waals surface area contributed by atoms with Crippen molar-refractivity contribution in [3.8, 4) is 0 Å². The summed E-state index contributed by atoms with van der Waals surface area (Å²) in [5.74, 6) is 1.79. The molecule has 4 heteroatoms. The van der Waals surface area contributed by atoms with Crippen LogP contribution in [0, 0.1) is 5.92 Å². The van der Waals surface area contributed by atoms with E-state index in [0.717, 1.165) is 44.7 Å². The molecule has 0 amide bonds. The van der Waals surface area contributed by atoms with Gasteiger partial charge in [0.05, 0.1) is 19.4 Å². The highest BCUT2D eigenvalue weighted by Gasteiger charge is 2.21. The highest BCUT2D eigenvalue weighted by molar-refractivity contribution is 5.17. The fourth-order valence-electron chi connectivity index (χ4n) is 2.91. The minimum absolute atomic E-state index is 0.678. The Balaban J connectivity index is 1.47. The number of furan rings is 1. The molecular formula is C16H26N2O2. The molecular weight excluding hydrogens is 252 g/mol. The smallest absolute Gasteiger partial charge is 0.122 e. The lowest BCUT2D eigenvalue weighted by Crippen LogP contribution is -2.30. The topological polar surface area (TPSA) is 37.6 Å². The lowest BCUT2D eigenvalue weighted by molar-refractivity contribution is 0.0403. The van der Waals surface area contributed by atoms with Gasteiger partial charge < -0.3 is 14.5 Å². The van der Waals surface area contributed by atoms with Gasteiger partial charge in [0.25, 0.3) is 0 Å². The van der Waals surface area contributed by atoms with Crippen molar-refractivity contribution in [2.45, 2.75) is 44.8 Å². The van der Waals surface area contributed by atoms with Crippen LogP contribution in [0.25, 0.3) is 0 Å². The van der Waals surface area contributed by atoms with E-state index in [4.69, 9.17) is 9.15 Å². The fourth-order valence-corrected chi connectivity index (χ4v) is 2.91. The molecule has 0 spiro atoms. The summed E-state index contributed by atoms with van der Waals surface area (Å²) in [5, 5.41) is 3.56. The predicted octanol–water partition coefficient (Wildman–Crippen LogP) is 2.39. The second-order valence-electron chi connectivity index (χ2n) is 6.30.